The number of amides is 1. The lowest BCUT2D eigenvalue weighted by Gasteiger charge is -2.28. The van der Waals surface area contributed by atoms with Gasteiger partial charge < -0.3 is 26.2 Å². The molecule has 0 bridgehead atoms. The summed E-state index contributed by atoms with van der Waals surface area (Å²) >= 11 is 0. The van der Waals surface area contributed by atoms with Crippen LogP contribution in [0, 0.1) is 6.92 Å². The van der Waals surface area contributed by atoms with Crippen LogP contribution in [0.15, 0.2) is 78.9 Å². The number of rotatable bonds is 11. The first kappa shape index (κ1) is 31.2. The van der Waals surface area contributed by atoms with E-state index in [0.717, 1.165) is 29.8 Å². The van der Waals surface area contributed by atoms with Crippen LogP contribution < -0.4 is 16.0 Å². The fraction of sp³-hybridized carbons (Fsp3) is 0.361. The number of aliphatic hydroxyl groups is 1. The number of hydrogen-bond acceptors (Lipinski definition) is 7. The van der Waals surface area contributed by atoms with Gasteiger partial charge in [0.05, 0.1) is 17.7 Å². The summed E-state index contributed by atoms with van der Waals surface area (Å²) in [4.78, 5) is 21.2. The van der Waals surface area contributed by atoms with E-state index in [2.05, 4.69) is 71.0 Å². The molecule has 1 aromatic heterocycles. The van der Waals surface area contributed by atoms with Crippen molar-refractivity contribution in [2.75, 3.05) is 11.9 Å². The molecule has 230 valence electrons. The molecule has 1 fully saturated rings. The lowest BCUT2D eigenvalue weighted by molar-refractivity contribution is -0.120. The Morgan fingerprint density at radius 2 is 1.70 bits per heavy atom. The van der Waals surface area contributed by atoms with E-state index in [0.29, 0.717) is 30.2 Å². The maximum atomic E-state index is 12.1. The molecule has 5 N–H and O–H groups in total. The quantitative estimate of drug-likeness (QED) is 0.147. The van der Waals surface area contributed by atoms with Crippen LogP contribution in [0.4, 0.5) is 11.5 Å². The van der Waals surface area contributed by atoms with E-state index >= 15 is 0 Å². The van der Waals surface area contributed by atoms with E-state index in [1.807, 2.05) is 43.3 Å². The van der Waals surface area contributed by atoms with E-state index in [9.17, 15) is 15.0 Å². The second kappa shape index (κ2) is 12.8. The Morgan fingerprint density at radius 1 is 0.977 bits per heavy atom. The number of para-hydroxylation sites is 1. The smallest absolute Gasteiger partial charge is 0.217 e. The third-order valence-corrected chi connectivity index (χ3v) is 8.22. The van der Waals surface area contributed by atoms with Gasteiger partial charge in [0.1, 0.15) is 11.6 Å². The highest BCUT2D eigenvalue weighted by atomic mass is 16.3. The van der Waals surface area contributed by atoms with Crippen molar-refractivity contribution in [2.45, 2.75) is 77.0 Å². The van der Waals surface area contributed by atoms with E-state index in [1.165, 1.54) is 18.1 Å². The van der Waals surface area contributed by atoms with Gasteiger partial charge in [0.2, 0.25) is 5.91 Å². The van der Waals surface area contributed by atoms with Crippen LogP contribution in [0.25, 0.3) is 11.4 Å². The van der Waals surface area contributed by atoms with Gasteiger partial charge >= 0.3 is 0 Å². The largest absolute Gasteiger partial charge is 0.507 e. The van der Waals surface area contributed by atoms with Crippen LogP contribution in [0.3, 0.4) is 0 Å². The van der Waals surface area contributed by atoms with Crippen LogP contribution in [-0.2, 0) is 22.2 Å². The molecule has 44 heavy (non-hydrogen) atoms. The van der Waals surface area contributed by atoms with E-state index in [4.69, 9.17) is 0 Å². The number of aromatic hydroxyl groups is 1. The molecule has 0 unspecified atom stereocenters. The van der Waals surface area contributed by atoms with Gasteiger partial charge in [-0.1, -0.05) is 69.3 Å². The molecule has 1 saturated carbocycles. The second-order valence-corrected chi connectivity index (χ2v) is 12.9. The summed E-state index contributed by atoms with van der Waals surface area (Å²) in [6, 6.07) is 25.0. The molecule has 8 heteroatoms. The number of phenolic OH excluding ortho intramolecular Hbond substituents is 1. The minimum Gasteiger partial charge on any atom is -0.507 e. The number of aliphatic hydroxyl groups excluding tert-OH is 1. The highest BCUT2D eigenvalue weighted by molar-refractivity contribution is 5.73. The van der Waals surface area contributed by atoms with Gasteiger partial charge in [-0.2, -0.15) is 0 Å². The first-order valence-electron chi connectivity index (χ1n) is 15.2. The molecule has 1 aliphatic rings. The third-order valence-electron chi connectivity index (χ3n) is 8.22. The fourth-order valence-electron chi connectivity index (χ4n) is 5.50. The monoisotopic (exact) mass is 593 g/mol. The SMILES string of the molecule is CC(=O)N[C@@H](Cc1ccc(Nc2cc(C)nc(-c3ccccc3O)n2)cc1)[C@@H](O)CNC1(c2cccc(C(C)(C)C)c2)CC1. The van der Waals surface area contributed by atoms with Crippen LogP contribution in [0.2, 0.25) is 0 Å². The molecule has 4 aromatic rings. The second-order valence-electron chi connectivity index (χ2n) is 12.9. The molecule has 0 aliphatic heterocycles. The molecule has 0 spiro atoms. The summed E-state index contributed by atoms with van der Waals surface area (Å²) in [6.45, 7) is 10.4. The number of hydrogen-bond donors (Lipinski definition) is 5. The molecule has 1 amide bonds. The number of phenols is 1. The zero-order valence-corrected chi connectivity index (χ0v) is 26.2. The Kier molecular flexibility index (Phi) is 9.04. The predicted octanol–water partition coefficient (Wildman–Crippen LogP) is 5.89. The summed E-state index contributed by atoms with van der Waals surface area (Å²) in [7, 11) is 0. The molecule has 2 atom stereocenters. The Morgan fingerprint density at radius 3 is 2.36 bits per heavy atom. The molecule has 0 saturated heterocycles. The number of aryl methyl sites for hydroxylation is 1. The summed E-state index contributed by atoms with van der Waals surface area (Å²) in [5.74, 6) is 1.01. The maximum absolute atomic E-state index is 12.1. The van der Waals surface area contributed by atoms with Crippen molar-refractivity contribution in [1.29, 1.82) is 0 Å². The van der Waals surface area contributed by atoms with Gasteiger partial charge in [-0.15, -0.1) is 0 Å². The normalized spacial score (nSPS) is 15.3. The van der Waals surface area contributed by atoms with Crippen molar-refractivity contribution in [3.63, 3.8) is 0 Å². The van der Waals surface area contributed by atoms with Gasteiger partial charge in [0.25, 0.3) is 0 Å². The highest BCUT2D eigenvalue weighted by Gasteiger charge is 2.44. The molecule has 3 aromatic carbocycles. The summed E-state index contributed by atoms with van der Waals surface area (Å²) in [5.41, 5.74) is 5.64. The first-order chi connectivity index (χ1) is 20.9. The van der Waals surface area contributed by atoms with E-state index < -0.39 is 12.1 Å². The van der Waals surface area contributed by atoms with Crippen LogP contribution in [-0.4, -0.2) is 44.8 Å². The Balaban J connectivity index is 1.24. The van der Waals surface area contributed by atoms with Gasteiger partial charge in [-0.05, 0) is 72.6 Å². The number of aromatic nitrogens is 2. The van der Waals surface area contributed by atoms with Crippen molar-refractivity contribution < 1.29 is 15.0 Å². The topological polar surface area (TPSA) is 119 Å². The summed E-state index contributed by atoms with van der Waals surface area (Å²) in [5, 5.41) is 31.4. The first-order valence-corrected chi connectivity index (χ1v) is 15.2. The number of nitrogens with one attached hydrogen (secondary N) is 3. The van der Waals surface area contributed by atoms with Crippen LogP contribution in [0.1, 0.15) is 62.9 Å². The van der Waals surface area contributed by atoms with E-state index in [1.54, 1.807) is 18.2 Å². The third kappa shape index (κ3) is 7.62. The van der Waals surface area contributed by atoms with Crippen molar-refractivity contribution in [1.82, 2.24) is 20.6 Å². The summed E-state index contributed by atoms with van der Waals surface area (Å²) in [6.07, 6.45) is 1.76. The van der Waals surface area contributed by atoms with Crippen molar-refractivity contribution in [2.24, 2.45) is 0 Å². The standard InChI is InChI=1S/C36H43N5O3/c1-23-19-33(41-34(38-23)29-11-6-7-12-31(29)43)40-28-15-13-25(14-16-28)20-30(39-24(2)42)32(44)22-37-36(17-18-36)27-10-8-9-26(21-27)35(3,4)5/h6-16,19,21,30,32,37,43-44H,17-18,20,22H2,1-5H3,(H,39,42)(H,38,40,41)/t30-,32-/m0/s1. The molecule has 5 rings (SSSR count). The predicted molar refractivity (Wildman–Crippen MR) is 175 cm³/mol. The van der Waals surface area contributed by atoms with Crippen LogP contribution >= 0.6 is 0 Å². The maximum Gasteiger partial charge on any atom is 0.217 e. The van der Waals surface area contributed by atoms with Gasteiger partial charge in [0.15, 0.2) is 5.82 Å². The average molecular weight is 594 g/mol. The number of anilines is 2. The number of carbonyl (C=O) groups excluding carboxylic acids is 1. The number of benzene rings is 3. The van der Waals surface area contributed by atoms with Crippen molar-refractivity contribution >= 4 is 17.4 Å². The van der Waals surface area contributed by atoms with Gasteiger partial charge in [0, 0.05) is 36.5 Å². The highest BCUT2D eigenvalue weighted by Crippen LogP contribution is 2.46. The average Bonchev–Trinajstić information content (AvgIpc) is 3.77. The molecule has 8 nitrogen and oxygen atoms in total. The molecule has 1 heterocycles. The minimum absolute atomic E-state index is 0.0655. The van der Waals surface area contributed by atoms with E-state index in [-0.39, 0.29) is 22.6 Å². The molecule has 0 radical (unpaired) electrons. The Hall–Kier alpha value is -4.27. The van der Waals surface area contributed by atoms with Crippen LogP contribution in [0.5, 0.6) is 5.75 Å². The number of carbonyl (C=O) groups is 1. The Bertz CT molecular complexity index is 1610. The molecular weight excluding hydrogens is 550 g/mol. The number of nitrogens with zero attached hydrogens (tertiary/aromatic N) is 2. The molecule has 1 aliphatic carbocycles. The van der Waals surface area contributed by atoms with Crippen molar-refractivity contribution in [3.8, 4) is 17.1 Å². The zero-order chi connectivity index (χ0) is 31.5. The fourth-order valence-corrected chi connectivity index (χ4v) is 5.50. The van der Waals surface area contributed by atoms with Gasteiger partial charge in [-0.25, -0.2) is 9.97 Å². The van der Waals surface area contributed by atoms with Gasteiger partial charge in [-0.3, -0.25) is 4.79 Å². The lowest BCUT2D eigenvalue weighted by Crippen LogP contribution is -2.49. The minimum atomic E-state index is -0.767. The zero-order valence-electron chi connectivity index (χ0n) is 26.2. The van der Waals surface area contributed by atoms with Crippen molar-refractivity contribution in [3.05, 3.63) is 101 Å². The summed E-state index contributed by atoms with van der Waals surface area (Å²) < 4.78 is 0. The Labute approximate surface area is 260 Å². The lowest BCUT2D eigenvalue weighted by atomic mass is 9.85. The molecular formula is C36H43N5O3.